The highest BCUT2D eigenvalue weighted by Crippen LogP contribution is 2.30. The number of nitrogens with zero attached hydrogens (tertiary/aromatic N) is 3. The lowest BCUT2D eigenvalue weighted by atomic mass is 10.1. The van der Waals surface area contributed by atoms with Crippen LogP contribution in [-0.4, -0.2) is 61.8 Å². The van der Waals surface area contributed by atoms with Crippen LogP contribution in [0, 0.1) is 0 Å². The van der Waals surface area contributed by atoms with Gasteiger partial charge in [0.1, 0.15) is 5.75 Å². The largest absolute Gasteiger partial charge is 0.495 e. The Hall–Kier alpha value is -3.19. The molecule has 0 unspecified atom stereocenters. The van der Waals surface area contributed by atoms with E-state index in [1.54, 1.807) is 31.4 Å². The summed E-state index contributed by atoms with van der Waals surface area (Å²) < 4.78 is 5.46. The number of amides is 2. The fourth-order valence-electron chi connectivity index (χ4n) is 4.18. The van der Waals surface area contributed by atoms with Crippen LogP contribution in [0.15, 0.2) is 48.5 Å². The first kappa shape index (κ1) is 20.1. The van der Waals surface area contributed by atoms with Gasteiger partial charge in [0.2, 0.25) is 5.91 Å². The van der Waals surface area contributed by atoms with Crippen LogP contribution < -0.4 is 14.5 Å². The summed E-state index contributed by atoms with van der Waals surface area (Å²) in [4.78, 5) is 42.7. The number of ketones is 1. The van der Waals surface area contributed by atoms with Crippen molar-refractivity contribution in [3.05, 3.63) is 54.1 Å². The molecule has 2 aromatic rings. The summed E-state index contributed by atoms with van der Waals surface area (Å²) in [6, 6.07) is 14.1. The second kappa shape index (κ2) is 8.28. The van der Waals surface area contributed by atoms with Crippen LogP contribution in [0.1, 0.15) is 23.7 Å². The van der Waals surface area contributed by atoms with Gasteiger partial charge in [-0.05, 0) is 43.3 Å². The van der Waals surface area contributed by atoms with Crippen molar-refractivity contribution in [2.24, 2.45) is 0 Å². The summed E-state index contributed by atoms with van der Waals surface area (Å²) in [6.07, 6.45) is 0.182. The number of hydrogen-bond acceptors (Lipinski definition) is 6. The molecular weight excluding hydrogens is 382 g/mol. The maximum atomic E-state index is 13.0. The van der Waals surface area contributed by atoms with Crippen LogP contribution in [-0.2, 0) is 9.59 Å². The number of Topliss-reactive ketones (excluding diaryl/α,β-unsaturated/α-hetero) is 1. The van der Waals surface area contributed by atoms with Crippen molar-refractivity contribution >= 4 is 29.0 Å². The normalized spacial score (nSPS) is 20.0. The van der Waals surface area contributed by atoms with Gasteiger partial charge in [-0.1, -0.05) is 12.1 Å². The average Bonchev–Trinajstić information content (AvgIpc) is 3.07. The van der Waals surface area contributed by atoms with Gasteiger partial charge in [0, 0.05) is 31.7 Å². The topological polar surface area (TPSA) is 70.2 Å². The number of hydrogen-bond donors (Lipinski definition) is 0. The van der Waals surface area contributed by atoms with Gasteiger partial charge in [0.25, 0.3) is 5.91 Å². The predicted molar refractivity (Wildman–Crippen MR) is 114 cm³/mol. The van der Waals surface area contributed by atoms with Gasteiger partial charge in [0.05, 0.1) is 30.9 Å². The summed E-state index contributed by atoms with van der Waals surface area (Å²) in [5, 5.41) is 0. The molecule has 4 rings (SSSR count). The zero-order valence-electron chi connectivity index (χ0n) is 17.2. The molecule has 2 aliphatic rings. The molecule has 7 heteroatoms. The highest BCUT2D eigenvalue weighted by Gasteiger charge is 2.43. The highest BCUT2D eigenvalue weighted by molar-refractivity contribution is 6.22. The summed E-state index contributed by atoms with van der Waals surface area (Å²) >= 11 is 0. The monoisotopic (exact) mass is 407 g/mol. The second-order valence-corrected chi connectivity index (χ2v) is 7.59. The van der Waals surface area contributed by atoms with Gasteiger partial charge in [-0.3, -0.25) is 19.3 Å². The van der Waals surface area contributed by atoms with Crippen molar-refractivity contribution in [3.8, 4) is 5.75 Å². The zero-order valence-corrected chi connectivity index (χ0v) is 17.2. The minimum Gasteiger partial charge on any atom is -0.495 e. The number of anilines is 2. The Bertz CT molecular complexity index is 965. The summed E-state index contributed by atoms with van der Waals surface area (Å²) in [5.74, 6) is 0.388. The third-order valence-electron chi connectivity index (χ3n) is 5.84. The maximum absolute atomic E-state index is 13.0. The molecule has 1 atom stereocenters. The van der Waals surface area contributed by atoms with Crippen LogP contribution in [0.4, 0.5) is 11.4 Å². The van der Waals surface area contributed by atoms with E-state index in [0.717, 1.165) is 24.5 Å². The Balaban J connectivity index is 1.44. The third kappa shape index (κ3) is 3.68. The van der Waals surface area contributed by atoms with Crippen LogP contribution in [0.5, 0.6) is 5.75 Å². The van der Waals surface area contributed by atoms with E-state index in [1.807, 2.05) is 24.3 Å². The van der Waals surface area contributed by atoms with E-state index in [-0.39, 0.29) is 24.0 Å². The Morgan fingerprint density at radius 1 is 0.967 bits per heavy atom. The van der Waals surface area contributed by atoms with Crippen LogP contribution >= 0.6 is 0 Å². The molecule has 2 amide bonds. The molecule has 0 aliphatic carbocycles. The lowest BCUT2D eigenvalue weighted by molar-refractivity contribution is -0.123. The average molecular weight is 407 g/mol. The molecule has 2 aromatic carbocycles. The quantitative estimate of drug-likeness (QED) is 0.560. The standard InChI is InChI=1S/C23H25N3O4/c1-16(27)17-7-9-18(10-8-17)26-22(28)15-20(23(26)29)25-13-11-24(12-14-25)19-5-3-4-6-21(19)30-2/h3-10,20H,11-15H2,1-2H3/t20-/m1/s1. The first-order valence-electron chi connectivity index (χ1n) is 10.1. The van der Waals surface area contributed by atoms with E-state index in [0.29, 0.717) is 24.3 Å². The van der Waals surface area contributed by atoms with Gasteiger partial charge in [0.15, 0.2) is 5.78 Å². The molecular formula is C23H25N3O4. The molecule has 7 nitrogen and oxygen atoms in total. The number of carbonyl (C=O) groups excluding carboxylic acids is 3. The van der Waals surface area contributed by atoms with Gasteiger partial charge in [-0.25, -0.2) is 4.90 Å². The molecule has 2 saturated heterocycles. The molecule has 0 N–H and O–H groups in total. The van der Waals surface area contributed by atoms with E-state index < -0.39 is 6.04 Å². The van der Waals surface area contributed by atoms with Gasteiger partial charge < -0.3 is 9.64 Å². The Morgan fingerprint density at radius 2 is 1.63 bits per heavy atom. The van der Waals surface area contributed by atoms with Crippen molar-refractivity contribution in [2.45, 2.75) is 19.4 Å². The lowest BCUT2D eigenvalue weighted by Crippen LogP contribution is -2.52. The molecule has 30 heavy (non-hydrogen) atoms. The SMILES string of the molecule is COc1ccccc1N1CCN([C@@H]2CC(=O)N(c3ccc(C(C)=O)cc3)C2=O)CC1. The maximum Gasteiger partial charge on any atom is 0.251 e. The zero-order chi connectivity index (χ0) is 21.3. The Morgan fingerprint density at radius 3 is 2.27 bits per heavy atom. The van der Waals surface area contributed by atoms with E-state index in [1.165, 1.54) is 11.8 Å². The van der Waals surface area contributed by atoms with Crippen molar-refractivity contribution < 1.29 is 19.1 Å². The molecule has 0 radical (unpaired) electrons. The van der Waals surface area contributed by atoms with Crippen molar-refractivity contribution in [1.29, 1.82) is 0 Å². The third-order valence-corrected chi connectivity index (χ3v) is 5.84. The number of imide groups is 1. The predicted octanol–water partition coefficient (Wildman–Crippen LogP) is 2.35. The number of carbonyl (C=O) groups is 3. The first-order valence-corrected chi connectivity index (χ1v) is 10.1. The highest BCUT2D eigenvalue weighted by atomic mass is 16.5. The smallest absolute Gasteiger partial charge is 0.251 e. The number of piperazine rings is 1. The first-order chi connectivity index (χ1) is 14.5. The molecule has 0 saturated carbocycles. The van der Waals surface area contributed by atoms with E-state index in [2.05, 4.69) is 9.80 Å². The minimum atomic E-state index is -0.440. The Labute approximate surface area is 175 Å². The molecule has 2 aliphatic heterocycles. The van der Waals surface area contributed by atoms with E-state index >= 15 is 0 Å². The van der Waals surface area contributed by atoms with Crippen LogP contribution in [0.2, 0.25) is 0 Å². The number of benzene rings is 2. The second-order valence-electron chi connectivity index (χ2n) is 7.59. The fourth-order valence-corrected chi connectivity index (χ4v) is 4.18. The van der Waals surface area contributed by atoms with Crippen molar-refractivity contribution in [1.82, 2.24) is 4.90 Å². The fraction of sp³-hybridized carbons (Fsp3) is 0.348. The van der Waals surface area contributed by atoms with E-state index in [4.69, 9.17) is 4.74 Å². The number of methoxy groups -OCH3 is 1. The number of ether oxygens (including phenoxy) is 1. The van der Waals surface area contributed by atoms with Gasteiger partial charge >= 0.3 is 0 Å². The molecule has 0 bridgehead atoms. The Kier molecular flexibility index (Phi) is 5.55. The van der Waals surface area contributed by atoms with Gasteiger partial charge in [-0.2, -0.15) is 0 Å². The van der Waals surface area contributed by atoms with Crippen molar-refractivity contribution in [3.63, 3.8) is 0 Å². The molecule has 2 fully saturated rings. The summed E-state index contributed by atoms with van der Waals surface area (Å²) in [6.45, 7) is 4.39. The number of para-hydroxylation sites is 2. The van der Waals surface area contributed by atoms with Crippen molar-refractivity contribution in [2.75, 3.05) is 43.1 Å². The minimum absolute atomic E-state index is 0.0496. The van der Waals surface area contributed by atoms with Crippen LogP contribution in [0.3, 0.4) is 0 Å². The summed E-state index contributed by atoms with van der Waals surface area (Å²) in [7, 11) is 1.66. The molecule has 0 spiro atoms. The number of rotatable bonds is 5. The summed E-state index contributed by atoms with van der Waals surface area (Å²) in [5.41, 5.74) is 2.12. The molecule has 2 heterocycles. The molecule has 0 aromatic heterocycles. The van der Waals surface area contributed by atoms with E-state index in [9.17, 15) is 14.4 Å². The molecule has 156 valence electrons. The van der Waals surface area contributed by atoms with Gasteiger partial charge in [-0.15, -0.1) is 0 Å². The lowest BCUT2D eigenvalue weighted by Gasteiger charge is -2.38. The van der Waals surface area contributed by atoms with Crippen LogP contribution in [0.25, 0.3) is 0 Å².